The van der Waals surface area contributed by atoms with Gasteiger partial charge in [0.25, 0.3) is 11.8 Å². The van der Waals surface area contributed by atoms with Gasteiger partial charge in [-0.05, 0) is 0 Å². The van der Waals surface area contributed by atoms with Crippen molar-refractivity contribution in [2.24, 2.45) is 0 Å². The first kappa shape index (κ1) is 18.1. The Balaban J connectivity index is 3.12. The van der Waals surface area contributed by atoms with E-state index in [1.54, 1.807) is 0 Å². The molecule has 2 unspecified atom stereocenters. The molecule has 0 aromatic carbocycles. The fourth-order valence-electron chi connectivity index (χ4n) is 1.90. The molecule has 0 radical (unpaired) electrons. The summed E-state index contributed by atoms with van der Waals surface area (Å²) >= 11 is 0. The van der Waals surface area contributed by atoms with E-state index in [1.165, 1.54) is 14.1 Å². The lowest BCUT2D eigenvalue weighted by molar-refractivity contribution is -0.200. The Labute approximate surface area is 130 Å². The van der Waals surface area contributed by atoms with Gasteiger partial charge < -0.3 is 10.4 Å². The Hall–Kier alpha value is -2.95. The quantitative estimate of drug-likeness (QED) is 0.295. The van der Waals surface area contributed by atoms with Crippen LogP contribution in [0.4, 0.5) is 0 Å². The van der Waals surface area contributed by atoms with Crippen molar-refractivity contribution in [2.75, 3.05) is 14.1 Å². The summed E-state index contributed by atoms with van der Waals surface area (Å²) in [4.78, 5) is 57.8. The maximum Gasteiger partial charge on any atom is 0.328 e. The van der Waals surface area contributed by atoms with Crippen molar-refractivity contribution < 1.29 is 34.3 Å². The number of nitrogens with one attached hydrogen (secondary N) is 1. The number of hydroxylamine groups is 2. The molecule has 11 heteroatoms. The zero-order chi connectivity index (χ0) is 17.9. The van der Waals surface area contributed by atoms with Gasteiger partial charge in [0.05, 0.1) is 0 Å². The van der Waals surface area contributed by atoms with Crippen LogP contribution in [0, 0.1) is 0 Å². The van der Waals surface area contributed by atoms with Crippen molar-refractivity contribution in [3.63, 3.8) is 0 Å². The minimum Gasteiger partial charge on any atom is -0.478 e. The Kier molecular flexibility index (Phi) is 5.41. The smallest absolute Gasteiger partial charge is 0.328 e. The SMILES string of the molecule is CC(=O)N(O)C1C(=O)N(C)N(C)C(=O)C1NC(=O)/C=C\C(=O)O. The summed E-state index contributed by atoms with van der Waals surface area (Å²) < 4.78 is 0. The van der Waals surface area contributed by atoms with E-state index < -0.39 is 41.7 Å². The van der Waals surface area contributed by atoms with E-state index in [9.17, 15) is 29.2 Å². The van der Waals surface area contributed by atoms with Crippen LogP contribution in [0.1, 0.15) is 6.92 Å². The summed E-state index contributed by atoms with van der Waals surface area (Å²) in [5, 5.41) is 22.1. The van der Waals surface area contributed by atoms with Gasteiger partial charge in [-0.25, -0.2) is 9.86 Å². The minimum absolute atomic E-state index is 0.0512. The number of carboxylic acids is 1. The molecule has 1 heterocycles. The second kappa shape index (κ2) is 6.87. The maximum absolute atomic E-state index is 12.2. The summed E-state index contributed by atoms with van der Waals surface area (Å²) in [6.45, 7) is 0.972. The molecule has 2 atom stereocenters. The minimum atomic E-state index is -1.66. The lowest BCUT2D eigenvalue weighted by Crippen LogP contribution is -2.71. The van der Waals surface area contributed by atoms with E-state index >= 15 is 0 Å². The van der Waals surface area contributed by atoms with Crippen molar-refractivity contribution in [3.05, 3.63) is 12.2 Å². The van der Waals surface area contributed by atoms with Crippen LogP contribution >= 0.6 is 0 Å². The van der Waals surface area contributed by atoms with Gasteiger partial charge in [0.15, 0.2) is 6.04 Å². The zero-order valence-electron chi connectivity index (χ0n) is 12.6. The number of hydrogen-bond donors (Lipinski definition) is 3. The number of hydrazine groups is 1. The fourth-order valence-corrected chi connectivity index (χ4v) is 1.90. The zero-order valence-corrected chi connectivity index (χ0v) is 12.6. The largest absolute Gasteiger partial charge is 0.478 e. The first-order valence-corrected chi connectivity index (χ1v) is 6.33. The molecule has 0 spiro atoms. The van der Waals surface area contributed by atoms with Crippen LogP contribution in [0.2, 0.25) is 0 Å². The van der Waals surface area contributed by atoms with Crippen LogP contribution in [-0.4, -0.2) is 81.2 Å². The second-order valence-electron chi connectivity index (χ2n) is 4.69. The van der Waals surface area contributed by atoms with Crippen molar-refractivity contribution in [1.82, 2.24) is 20.4 Å². The lowest BCUT2D eigenvalue weighted by atomic mass is 10.0. The molecule has 1 aliphatic heterocycles. The topological polar surface area (TPSA) is 148 Å². The van der Waals surface area contributed by atoms with Gasteiger partial charge in [-0.3, -0.25) is 34.4 Å². The first-order chi connectivity index (χ1) is 10.6. The van der Waals surface area contributed by atoms with E-state index in [0.29, 0.717) is 12.2 Å². The molecule has 1 saturated heterocycles. The average molecular weight is 328 g/mol. The molecule has 1 aliphatic rings. The molecule has 0 bridgehead atoms. The molecule has 0 aromatic rings. The van der Waals surface area contributed by atoms with E-state index in [2.05, 4.69) is 5.32 Å². The highest BCUT2D eigenvalue weighted by Gasteiger charge is 2.48. The van der Waals surface area contributed by atoms with Crippen LogP contribution in [0.25, 0.3) is 0 Å². The third-order valence-corrected chi connectivity index (χ3v) is 3.18. The van der Waals surface area contributed by atoms with E-state index in [-0.39, 0.29) is 5.06 Å². The first-order valence-electron chi connectivity index (χ1n) is 6.33. The van der Waals surface area contributed by atoms with Crippen LogP contribution in [-0.2, 0) is 24.0 Å². The molecule has 11 nitrogen and oxygen atoms in total. The molecular formula is C12H16N4O7. The van der Waals surface area contributed by atoms with Crippen LogP contribution < -0.4 is 5.32 Å². The number of nitrogens with zero attached hydrogens (tertiary/aromatic N) is 3. The standard InChI is InChI=1S/C12H16N4O7/c1-6(17)16(23)10-9(13-7(18)4-5-8(19)20)11(21)14(2)15(3)12(10)22/h4-5,9-10,23H,1-3H3,(H,13,18)(H,19,20)/b5-4-. The van der Waals surface area contributed by atoms with E-state index in [1.807, 2.05) is 0 Å². The molecule has 0 aliphatic carbocycles. The normalized spacial score (nSPS) is 21.6. The predicted octanol–water partition coefficient (Wildman–Crippen LogP) is -2.44. The molecule has 4 amide bonds. The van der Waals surface area contributed by atoms with Gasteiger partial charge in [0.1, 0.15) is 6.04 Å². The molecular weight excluding hydrogens is 312 g/mol. The summed E-state index contributed by atoms with van der Waals surface area (Å²) in [7, 11) is 2.52. The predicted molar refractivity (Wildman–Crippen MR) is 72.3 cm³/mol. The van der Waals surface area contributed by atoms with E-state index in [0.717, 1.165) is 16.9 Å². The monoisotopic (exact) mass is 328 g/mol. The average Bonchev–Trinajstić information content (AvgIpc) is 2.48. The fraction of sp³-hybridized carbons (Fsp3) is 0.417. The molecule has 3 N–H and O–H groups in total. The third-order valence-electron chi connectivity index (χ3n) is 3.18. The molecule has 1 fully saturated rings. The van der Waals surface area contributed by atoms with E-state index in [4.69, 9.17) is 5.11 Å². The van der Waals surface area contributed by atoms with Crippen molar-refractivity contribution in [2.45, 2.75) is 19.0 Å². The second-order valence-corrected chi connectivity index (χ2v) is 4.69. The third kappa shape index (κ3) is 3.83. The molecule has 23 heavy (non-hydrogen) atoms. The van der Waals surface area contributed by atoms with Crippen molar-refractivity contribution in [3.8, 4) is 0 Å². The van der Waals surface area contributed by atoms with Crippen molar-refractivity contribution >= 4 is 29.6 Å². The van der Waals surface area contributed by atoms with Gasteiger partial charge in [-0.1, -0.05) is 0 Å². The van der Waals surface area contributed by atoms with Gasteiger partial charge in [0.2, 0.25) is 11.8 Å². The Morgan fingerprint density at radius 1 is 1.13 bits per heavy atom. The number of carboxylic acid groups (broad SMARTS) is 1. The van der Waals surface area contributed by atoms with Gasteiger partial charge in [-0.15, -0.1) is 0 Å². The number of carbonyl (C=O) groups excluding carboxylic acids is 4. The van der Waals surface area contributed by atoms with Crippen LogP contribution in [0.5, 0.6) is 0 Å². The Morgan fingerprint density at radius 2 is 1.65 bits per heavy atom. The number of likely N-dealkylation sites (N-methyl/N-ethyl adjacent to an activating group) is 2. The number of carbonyl (C=O) groups is 5. The highest BCUT2D eigenvalue weighted by atomic mass is 16.5. The lowest BCUT2D eigenvalue weighted by Gasteiger charge is -2.42. The Morgan fingerprint density at radius 3 is 2.13 bits per heavy atom. The number of hydrogen-bond acceptors (Lipinski definition) is 6. The summed E-state index contributed by atoms with van der Waals surface area (Å²) in [6.07, 6.45) is 1.18. The summed E-state index contributed by atoms with van der Waals surface area (Å²) in [5.41, 5.74) is 0. The number of rotatable bonds is 4. The Bertz CT molecular complexity index is 588. The summed E-state index contributed by atoms with van der Waals surface area (Å²) in [6, 6.07) is -3.23. The van der Waals surface area contributed by atoms with Crippen molar-refractivity contribution in [1.29, 1.82) is 0 Å². The molecule has 0 saturated carbocycles. The highest BCUT2D eigenvalue weighted by molar-refractivity contribution is 6.02. The molecule has 0 aromatic heterocycles. The number of amides is 4. The van der Waals surface area contributed by atoms with Crippen LogP contribution in [0.3, 0.4) is 0 Å². The van der Waals surface area contributed by atoms with Gasteiger partial charge in [0, 0.05) is 33.2 Å². The summed E-state index contributed by atoms with van der Waals surface area (Å²) in [5.74, 6) is -4.84. The molecule has 126 valence electrons. The highest BCUT2D eigenvalue weighted by Crippen LogP contribution is 2.16. The maximum atomic E-state index is 12.2. The number of aliphatic carboxylic acids is 1. The van der Waals surface area contributed by atoms with Gasteiger partial charge in [-0.2, -0.15) is 0 Å². The van der Waals surface area contributed by atoms with Gasteiger partial charge >= 0.3 is 5.97 Å². The van der Waals surface area contributed by atoms with Crippen LogP contribution in [0.15, 0.2) is 12.2 Å². The molecule has 1 rings (SSSR count).